The monoisotopic (exact) mass is 463 g/mol. The normalized spacial score (nSPS) is 10.9. The number of carbonyl (C=O) groups is 1. The molecule has 0 radical (unpaired) electrons. The number of halogens is 1. The summed E-state index contributed by atoms with van der Waals surface area (Å²) in [6, 6.07) is 19.4. The number of carbonyl (C=O) groups excluding carboxylic acids is 1. The maximum atomic E-state index is 12.9. The molecule has 0 saturated heterocycles. The highest BCUT2D eigenvalue weighted by Crippen LogP contribution is 2.27. The van der Waals surface area contributed by atoms with Gasteiger partial charge in [0.15, 0.2) is 5.16 Å². The Labute approximate surface area is 196 Å². The minimum absolute atomic E-state index is 0.287. The van der Waals surface area contributed by atoms with Gasteiger partial charge in [-0.1, -0.05) is 41.9 Å². The van der Waals surface area contributed by atoms with Gasteiger partial charge in [0.25, 0.3) is 5.91 Å². The molecule has 32 heavy (non-hydrogen) atoms. The van der Waals surface area contributed by atoms with E-state index in [1.165, 1.54) is 11.8 Å². The fourth-order valence-electron chi connectivity index (χ4n) is 3.32. The zero-order valence-corrected chi connectivity index (χ0v) is 19.5. The zero-order valence-electron chi connectivity index (χ0n) is 18.0. The Bertz CT molecular complexity index is 1240. The molecule has 4 aromatic rings. The minimum atomic E-state index is -0.287. The van der Waals surface area contributed by atoms with Gasteiger partial charge in [0.2, 0.25) is 0 Å². The first-order chi connectivity index (χ1) is 15.4. The zero-order chi connectivity index (χ0) is 22.7. The number of nitrogens with zero attached hydrogens (tertiary/aromatic N) is 4. The van der Waals surface area contributed by atoms with Gasteiger partial charge in [0, 0.05) is 22.0 Å². The Morgan fingerprint density at radius 1 is 1.00 bits per heavy atom. The summed E-state index contributed by atoms with van der Waals surface area (Å²) in [7, 11) is 0. The molecule has 162 valence electrons. The van der Waals surface area contributed by atoms with E-state index < -0.39 is 0 Å². The lowest BCUT2D eigenvalue weighted by Gasteiger charge is -2.07. The standard InChI is InChI=1S/C24H22ClN5OS/c1-15-13-16(2)27-24(26-15)32-20-11-9-19(10-12-20)28-23(31)21-17(3)29-30(22(21)25)14-18-7-5-4-6-8-18/h4-13H,14H2,1-3H3,(H,28,31). The molecule has 0 aliphatic rings. The predicted molar refractivity (Wildman–Crippen MR) is 128 cm³/mol. The number of aryl methyl sites for hydroxylation is 3. The van der Waals surface area contributed by atoms with Crippen LogP contribution >= 0.6 is 23.4 Å². The molecule has 8 heteroatoms. The molecule has 0 aliphatic carbocycles. The number of anilines is 1. The number of hydrogen-bond donors (Lipinski definition) is 1. The van der Waals surface area contributed by atoms with Crippen molar-refractivity contribution in [2.24, 2.45) is 0 Å². The maximum absolute atomic E-state index is 12.9. The number of amides is 1. The lowest BCUT2D eigenvalue weighted by Crippen LogP contribution is -2.13. The summed E-state index contributed by atoms with van der Waals surface area (Å²) < 4.78 is 1.64. The quantitative estimate of drug-likeness (QED) is 0.371. The van der Waals surface area contributed by atoms with E-state index >= 15 is 0 Å². The summed E-state index contributed by atoms with van der Waals surface area (Å²) in [6.45, 7) is 6.19. The molecule has 0 atom stereocenters. The van der Waals surface area contributed by atoms with Gasteiger partial charge in [-0.05, 0) is 68.4 Å². The molecule has 6 nitrogen and oxygen atoms in total. The van der Waals surface area contributed by atoms with Gasteiger partial charge in [-0.2, -0.15) is 5.10 Å². The van der Waals surface area contributed by atoms with E-state index in [0.29, 0.717) is 33.8 Å². The van der Waals surface area contributed by atoms with E-state index in [9.17, 15) is 4.79 Å². The number of nitrogens with one attached hydrogen (secondary N) is 1. The smallest absolute Gasteiger partial charge is 0.260 e. The summed E-state index contributed by atoms with van der Waals surface area (Å²) in [6.07, 6.45) is 0. The molecule has 1 N–H and O–H groups in total. The number of rotatable bonds is 6. The van der Waals surface area contributed by atoms with Crippen molar-refractivity contribution in [3.05, 3.63) is 94.0 Å². The average molecular weight is 464 g/mol. The highest BCUT2D eigenvalue weighted by molar-refractivity contribution is 7.99. The second kappa shape index (κ2) is 9.54. The van der Waals surface area contributed by atoms with Gasteiger partial charge in [-0.25, -0.2) is 14.6 Å². The van der Waals surface area contributed by atoms with Crippen molar-refractivity contribution in [1.82, 2.24) is 19.7 Å². The predicted octanol–water partition coefficient (Wildman–Crippen LogP) is 5.70. The van der Waals surface area contributed by atoms with Gasteiger partial charge in [0.1, 0.15) is 5.15 Å². The fourth-order valence-corrected chi connectivity index (χ4v) is 4.50. The number of hydrogen-bond acceptors (Lipinski definition) is 5. The second-order valence-electron chi connectivity index (χ2n) is 7.41. The SMILES string of the molecule is Cc1cc(C)nc(Sc2ccc(NC(=O)c3c(C)nn(Cc4ccccc4)c3Cl)cc2)n1. The third-order valence-electron chi connectivity index (χ3n) is 4.75. The van der Waals surface area contributed by atoms with Crippen LogP contribution in [0.2, 0.25) is 5.15 Å². The van der Waals surface area contributed by atoms with E-state index in [0.717, 1.165) is 21.8 Å². The molecule has 0 unspecified atom stereocenters. The van der Waals surface area contributed by atoms with Crippen molar-refractivity contribution >= 4 is 35.0 Å². The maximum Gasteiger partial charge on any atom is 0.260 e. The minimum Gasteiger partial charge on any atom is -0.322 e. The summed E-state index contributed by atoms with van der Waals surface area (Å²) in [4.78, 5) is 22.8. The Balaban J connectivity index is 1.46. The van der Waals surface area contributed by atoms with Crippen LogP contribution in [-0.4, -0.2) is 25.7 Å². The summed E-state index contributed by atoms with van der Waals surface area (Å²) in [5, 5.41) is 8.38. The molecular weight excluding hydrogens is 442 g/mol. The van der Waals surface area contributed by atoms with Crippen LogP contribution in [0.15, 0.2) is 70.7 Å². The highest BCUT2D eigenvalue weighted by Gasteiger charge is 2.20. The van der Waals surface area contributed by atoms with E-state index in [1.54, 1.807) is 11.6 Å². The Kier molecular flexibility index (Phi) is 6.58. The summed E-state index contributed by atoms with van der Waals surface area (Å²) in [5.74, 6) is -0.287. The van der Waals surface area contributed by atoms with E-state index in [1.807, 2.05) is 74.5 Å². The van der Waals surface area contributed by atoms with E-state index in [4.69, 9.17) is 11.6 Å². The largest absolute Gasteiger partial charge is 0.322 e. The molecule has 2 heterocycles. The van der Waals surface area contributed by atoms with Gasteiger partial charge in [-0.3, -0.25) is 4.79 Å². The molecule has 0 fully saturated rings. The van der Waals surface area contributed by atoms with Crippen LogP contribution in [0, 0.1) is 20.8 Å². The van der Waals surface area contributed by atoms with Gasteiger partial charge >= 0.3 is 0 Å². The van der Waals surface area contributed by atoms with Gasteiger partial charge in [0.05, 0.1) is 17.8 Å². The van der Waals surface area contributed by atoms with Crippen molar-refractivity contribution in [2.45, 2.75) is 37.4 Å². The van der Waals surface area contributed by atoms with Crippen LogP contribution < -0.4 is 5.32 Å². The van der Waals surface area contributed by atoms with Crippen LogP contribution in [0.3, 0.4) is 0 Å². The van der Waals surface area contributed by atoms with Crippen LogP contribution in [0.1, 0.15) is 33.0 Å². The number of aromatic nitrogens is 4. The Morgan fingerprint density at radius 2 is 1.66 bits per heavy atom. The fraction of sp³-hybridized carbons (Fsp3) is 0.167. The van der Waals surface area contributed by atoms with Crippen molar-refractivity contribution in [3.8, 4) is 0 Å². The average Bonchev–Trinajstić information content (AvgIpc) is 3.02. The topological polar surface area (TPSA) is 72.7 Å². The number of benzene rings is 2. The van der Waals surface area contributed by atoms with Crippen LogP contribution in [0.5, 0.6) is 0 Å². The molecule has 0 aliphatic heterocycles. The van der Waals surface area contributed by atoms with Crippen molar-refractivity contribution < 1.29 is 4.79 Å². The molecule has 2 aromatic heterocycles. The van der Waals surface area contributed by atoms with Crippen LogP contribution in [0.25, 0.3) is 0 Å². The second-order valence-corrected chi connectivity index (χ2v) is 8.81. The summed E-state index contributed by atoms with van der Waals surface area (Å²) >= 11 is 7.98. The van der Waals surface area contributed by atoms with Gasteiger partial charge < -0.3 is 5.32 Å². The first kappa shape index (κ1) is 22.0. The highest BCUT2D eigenvalue weighted by atomic mass is 35.5. The third-order valence-corrected chi connectivity index (χ3v) is 6.01. The molecular formula is C24H22ClN5OS. The summed E-state index contributed by atoms with van der Waals surface area (Å²) in [5.41, 5.74) is 4.57. The van der Waals surface area contributed by atoms with E-state index in [-0.39, 0.29) is 5.91 Å². The first-order valence-corrected chi connectivity index (χ1v) is 11.3. The van der Waals surface area contributed by atoms with Crippen LogP contribution in [-0.2, 0) is 6.54 Å². The molecule has 0 saturated carbocycles. The molecule has 2 aromatic carbocycles. The third kappa shape index (κ3) is 5.18. The first-order valence-electron chi connectivity index (χ1n) is 10.1. The van der Waals surface area contributed by atoms with Crippen molar-refractivity contribution in [1.29, 1.82) is 0 Å². The van der Waals surface area contributed by atoms with Crippen LogP contribution in [0.4, 0.5) is 5.69 Å². The Morgan fingerprint density at radius 3 is 2.31 bits per heavy atom. The molecule has 1 amide bonds. The lowest BCUT2D eigenvalue weighted by molar-refractivity contribution is 0.102. The lowest BCUT2D eigenvalue weighted by atomic mass is 10.2. The molecule has 0 bridgehead atoms. The van der Waals surface area contributed by atoms with E-state index in [2.05, 4.69) is 20.4 Å². The Hall–Kier alpha value is -3.16. The van der Waals surface area contributed by atoms with Crippen molar-refractivity contribution in [3.63, 3.8) is 0 Å². The molecule has 0 spiro atoms. The van der Waals surface area contributed by atoms with Crippen molar-refractivity contribution in [2.75, 3.05) is 5.32 Å². The molecule has 4 rings (SSSR count). The van der Waals surface area contributed by atoms with Gasteiger partial charge in [-0.15, -0.1) is 0 Å².